The Morgan fingerprint density at radius 1 is 1.11 bits per heavy atom. The minimum atomic E-state index is -0.943. The highest BCUT2D eigenvalue weighted by atomic mass is 16.6. The third-order valence-corrected chi connectivity index (χ3v) is 3.92. The maximum atomic E-state index is 12.1. The van der Waals surface area contributed by atoms with Crippen LogP contribution in [0.4, 0.5) is 0 Å². The Labute approximate surface area is 160 Å². The van der Waals surface area contributed by atoms with Gasteiger partial charge in [0.05, 0.1) is 0 Å². The monoisotopic (exact) mass is 386 g/mol. The summed E-state index contributed by atoms with van der Waals surface area (Å²) in [5.74, 6) is -1.50. The van der Waals surface area contributed by atoms with Crippen LogP contribution in [0.5, 0.6) is 17.2 Å². The van der Waals surface area contributed by atoms with E-state index in [4.69, 9.17) is 14.2 Å². The van der Waals surface area contributed by atoms with E-state index >= 15 is 0 Å². The van der Waals surface area contributed by atoms with Crippen LogP contribution in [-0.4, -0.2) is 42.2 Å². The number of carbonyl (C=O) groups is 3. The summed E-state index contributed by atoms with van der Waals surface area (Å²) in [6.45, 7) is 0.974. The van der Waals surface area contributed by atoms with Gasteiger partial charge in [-0.2, -0.15) is 0 Å². The SMILES string of the molecule is Cc1cccc(C(=O)OCC(=O)NNC(=O)[C@H]2COc3ccccc3O2)c1O. The van der Waals surface area contributed by atoms with Crippen molar-refractivity contribution >= 4 is 17.8 Å². The zero-order valence-corrected chi connectivity index (χ0v) is 14.9. The number of nitrogens with one attached hydrogen (secondary N) is 2. The molecule has 28 heavy (non-hydrogen) atoms. The fourth-order valence-corrected chi connectivity index (χ4v) is 2.43. The van der Waals surface area contributed by atoms with E-state index in [0.717, 1.165) is 0 Å². The first-order valence-corrected chi connectivity index (χ1v) is 8.38. The molecule has 0 spiro atoms. The summed E-state index contributed by atoms with van der Waals surface area (Å²) in [4.78, 5) is 35.8. The van der Waals surface area contributed by atoms with Crippen LogP contribution in [0.1, 0.15) is 15.9 Å². The lowest BCUT2D eigenvalue weighted by atomic mass is 10.1. The van der Waals surface area contributed by atoms with E-state index in [-0.39, 0.29) is 17.9 Å². The number of carbonyl (C=O) groups excluding carboxylic acids is 3. The summed E-state index contributed by atoms with van der Waals surface area (Å²) in [5.41, 5.74) is 4.76. The lowest BCUT2D eigenvalue weighted by Gasteiger charge is -2.25. The van der Waals surface area contributed by atoms with E-state index < -0.39 is 30.5 Å². The van der Waals surface area contributed by atoms with Crippen molar-refractivity contribution in [3.8, 4) is 17.2 Å². The highest BCUT2D eigenvalue weighted by molar-refractivity contribution is 5.94. The maximum absolute atomic E-state index is 12.1. The van der Waals surface area contributed by atoms with Crippen LogP contribution in [0.3, 0.4) is 0 Å². The summed E-state index contributed by atoms with van der Waals surface area (Å²) >= 11 is 0. The molecule has 2 aromatic carbocycles. The van der Waals surface area contributed by atoms with Gasteiger partial charge < -0.3 is 19.3 Å². The highest BCUT2D eigenvalue weighted by Gasteiger charge is 2.27. The second-order valence-corrected chi connectivity index (χ2v) is 5.95. The molecule has 0 unspecified atom stereocenters. The summed E-state index contributed by atoms with van der Waals surface area (Å²) in [6.07, 6.45) is -0.943. The van der Waals surface area contributed by atoms with Crippen molar-refractivity contribution < 1.29 is 33.7 Å². The Kier molecular flexibility index (Phi) is 5.64. The Morgan fingerprint density at radius 2 is 1.86 bits per heavy atom. The van der Waals surface area contributed by atoms with Crippen molar-refractivity contribution in [2.24, 2.45) is 0 Å². The molecule has 0 radical (unpaired) electrons. The van der Waals surface area contributed by atoms with E-state index in [9.17, 15) is 19.5 Å². The fraction of sp³-hybridized carbons (Fsp3) is 0.211. The standard InChI is InChI=1S/C19H18N2O7/c1-11-5-4-6-12(17(11)23)19(25)27-10-16(22)20-21-18(24)15-9-26-13-7-2-3-8-14(13)28-15/h2-8,15,23H,9-10H2,1H3,(H,20,22)(H,21,24)/t15-/m1/s1. The fourth-order valence-electron chi connectivity index (χ4n) is 2.43. The first kappa shape index (κ1) is 19.0. The number of aromatic hydroxyl groups is 1. The number of fused-ring (bicyclic) bond motifs is 1. The number of hydrogen-bond donors (Lipinski definition) is 3. The quantitative estimate of drug-likeness (QED) is 0.526. The molecule has 3 rings (SSSR count). The number of phenols is 1. The number of benzene rings is 2. The van der Waals surface area contributed by atoms with E-state index in [2.05, 4.69) is 10.9 Å². The molecule has 2 amide bonds. The number of amides is 2. The molecule has 1 aliphatic rings. The first-order chi connectivity index (χ1) is 13.5. The number of para-hydroxylation sites is 3. The maximum Gasteiger partial charge on any atom is 0.342 e. The van der Waals surface area contributed by atoms with Crippen LogP contribution >= 0.6 is 0 Å². The summed E-state index contributed by atoms with van der Waals surface area (Å²) in [7, 11) is 0. The molecule has 0 aromatic heterocycles. The molecule has 3 N–H and O–H groups in total. The van der Waals surface area contributed by atoms with Gasteiger partial charge in [0.1, 0.15) is 17.9 Å². The lowest BCUT2D eigenvalue weighted by Crippen LogP contribution is -2.51. The lowest BCUT2D eigenvalue weighted by molar-refractivity contribution is -0.135. The molecule has 0 aliphatic carbocycles. The summed E-state index contributed by atoms with van der Waals surface area (Å²) in [5, 5.41) is 9.84. The number of esters is 1. The molecule has 0 bridgehead atoms. The predicted molar refractivity (Wildman–Crippen MR) is 95.8 cm³/mol. The molecule has 1 aliphatic heterocycles. The second kappa shape index (κ2) is 8.30. The van der Waals surface area contributed by atoms with Crippen LogP contribution in [0.25, 0.3) is 0 Å². The van der Waals surface area contributed by atoms with Crippen molar-refractivity contribution in [3.05, 3.63) is 53.6 Å². The molecule has 0 saturated heterocycles. The van der Waals surface area contributed by atoms with E-state index in [1.807, 2.05) is 0 Å². The average molecular weight is 386 g/mol. The highest BCUT2D eigenvalue weighted by Crippen LogP contribution is 2.30. The normalized spacial score (nSPS) is 14.7. The molecular weight excluding hydrogens is 368 g/mol. The van der Waals surface area contributed by atoms with Gasteiger partial charge in [0.25, 0.3) is 11.8 Å². The largest absolute Gasteiger partial charge is 0.507 e. The summed E-state index contributed by atoms with van der Waals surface area (Å²) < 4.78 is 15.8. The van der Waals surface area contributed by atoms with Crippen LogP contribution < -0.4 is 20.3 Å². The topological polar surface area (TPSA) is 123 Å². The van der Waals surface area contributed by atoms with Gasteiger partial charge in [-0.3, -0.25) is 20.4 Å². The number of rotatable bonds is 4. The second-order valence-electron chi connectivity index (χ2n) is 5.95. The van der Waals surface area contributed by atoms with E-state index in [1.54, 1.807) is 43.3 Å². The van der Waals surface area contributed by atoms with Crippen LogP contribution in [0, 0.1) is 6.92 Å². The molecule has 1 atom stereocenters. The van der Waals surface area contributed by atoms with E-state index in [1.165, 1.54) is 6.07 Å². The van der Waals surface area contributed by atoms with Gasteiger partial charge >= 0.3 is 5.97 Å². The molecule has 1 heterocycles. The van der Waals surface area contributed by atoms with Gasteiger partial charge in [-0.15, -0.1) is 0 Å². The number of phenolic OH excluding ortho intramolecular Hbond substituents is 1. The Hall–Kier alpha value is -3.75. The minimum Gasteiger partial charge on any atom is -0.507 e. The first-order valence-electron chi connectivity index (χ1n) is 8.38. The van der Waals surface area contributed by atoms with Crippen molar-refractivity contribution in [3.63, 3.8) is 0 Å². The van der Waals surface area contributed by atoms with Crippen molar-refractivity contribution in [1.29, 1.82) is 0 Å². The van der Waals surface area contributed by atoms with Crippen LogP contribution in [0.2, 0.25) is 0 Å². The molecule has 146 valence electrons. The number of hydrazine groups is 1. The zero-order chi connectivity index (χ0) is 20.1. The Morgan fingerprint density at radius 3 is 2.64 bits per heavy atom. The molecule has 9 nitrogen and oxygen atoms in total. The van der Waals surface area contributed by atoms with Gasteiger partial charge in [-0.1, -0.05) is 24.3 Å². The Bertz CT molecular complexity index is 913. The van der Waals surface area contributed by atoms with Gasteiger partial charge in [-0.05, 0) is 30.7 Å². The average Bonchev–Trinajstić information content (AvgIpc) is 2.71. The summed E-state index contributed by atoms with van der Waals surface area (Å²) in [6, 6.07) is 11.5. The van der Waals surface area contributed by atoms with Gasteiger partial charge in [-0.25, -0.2) is 4.79 Å². The third kappa shape index (κ3) is 4.32. The van der Waals surface area contributed by atoms with Crippen molar-refractivity contribution in [2.75, 3.05) is 13.2 Å². The molecule has 0 saturated carbocycles. The van der Waals surface area contributed by atoms with E-state index in [0.29, 0.717) is 17.1 Å². The minimum absolute atomic E-state index is 0.0136. The molecule has 0 fully saturated rings. The Balaban J connectivity index is 1.45. The number of aryl methyl sites for hydroxylation is 1. The van der Waals surface area contributed by atoms with Gasteiger partial charge in [0, 0.05) is 0 Å². The van der Waals surface area contributed by atoms with Gasteiger partial charge in [0.2, 0.25) is 6.10 Å². The van der Waals surface area contributed by atoms with Crippen molar-refractivity contribution in [2.45, 2.75) is 13.0 Å². The van der Waals surface area contributed by atoms with Crippen LogP contribution in [0.15, 0.2) is 42.5 Å². The molecule has 2 aromatic rings. The molecular formula is C19H18N2O7. The van der Waals surface area contributed by atoms with Crippen molar-refractivity contribution in [1.82, 2.24) is 10.9 Å². The molecule has 9 heteroatoms. The zero-order valence-electron chi connectivity index (χ0n) is 14.9. The predicted octanol–water partition coefficient (Wildman–Crippen LogP) is 0.845. The van der Waals surface area contributed by atoms with Gasteiger partial charge in [0.15, 0.2) is 18.1 Å². The number of hydrogen-bond acceptors (Lipinski definition) is 7. The smallest absolute Gasteiger partial charge is 0.342 e. The number of ether oxygens (including phenoxy) is 3. The third-order valence-electron chi connectivity index (χ3n) is 3.92. The van der Waals surface area contributed by atoms with Crippen LogP contribution in [-0.2, 0) is 14.3 Å².